The van der Waals surface area contributed by atoms with Crippen molar-refractivity contribution in [2.24, 2.45) is 10.9 Å². The number of alkyl halides is 3. The number of rotatable bonds is 3. The molecule has 1 aromatic carbocycles. The van der Waals surface area contributed by atoms with Gasteiger partial charge in [-0.3, -0.25) is 0 Å². The number of anilines is 1. The SMILES string of the molecule is COC1=NCCN(CCC2CCC3(CC2)OCCO3)c2c1oc1ccc(C(F)(F)F)cc21. The van der Waals surface area contributed by atoms with Crippen LogP contribution in [0.3, 0.4) is 0 Å². The number of aliphatic imine (C=N–C) groups is 1. The molecule has 3 heterocycles. The summed E-state index contributed by atoms with van der Waals surface area (Å²) < 4.78 is 63.1. The maximum Gasteiger partial charge on any atom is 0.416 e. The monoisotopic (exact) mass is 452 g/mol. The molecule has 1 saturated heterocycles. The Morgan fingerprint density at radius 1 is 1.19 bits per heavy atom. The summed E-state index contributed by atoms with van der Waals surface area (Å²) in [4.78, 5) is 6.55. The molecule has 0 amide bonds. The number of hydrogen-bond donors (Lipinski definition) is 0. The van der Waals surface area contributed by atoms with Crippen molar-refractivity contribution >= 4 is 22.6 Å². The van der Waals surface area contributed by atoms with Crippen molar-refractivity contribution in [1.29, 1.82) is 0 Å². The molecule has 0 bridgehead atoms. The van der Waals surface area contributed by atoms with E-state index in [-0.39, 0.29) is 5.79 Å². The molecule has 0 N–H and O–H groups in total. The number of nitrogens with zero attached hydrogens (tertiary/aromatic N) is 2. The highest BCUT2D eigenvalue weighted by atomic mass is 19.4. The highest BCUT2D eigenvalue weighted by Gasteiger charge is 2.40. The molecule has 1 aliphatic carbocycles. The summed E-state index contributed by atoms with van der Waals surface area (Å²) in [6.07, 6.45) is 0.334. The molecule has 9 heteroatoms. The van der Waals surface area contributed by atoms with Crippen molar-refractivity contribution in [2.45, 2.75) is 44.1 Å². The zero-order chi connectivity index (χ0) is 22.3. The van der Waals surface area contributed by atoms with Crippen LogP contribution < -0.4 is 4.90 Å². The van der Waals surface area contributed by atoms with Gasteiger partial charge in [0.25, 0.3) is 5.90 Å². The minimum absolute atomic E-state index is 0.322. The first kappa shape index (κ1) is 21.6. The van der Waals surface area contributed by atoms with E-state index in [4.69, 9.17) is 18.6 Å². The van der Waals surface area contributed by atoms with Crippen molar-refractivity contribution in [3.63, 3.8) is 0 Å². The van der Waals surface area contributed by atoms with Crippen LogP contribution in [-0.2, 0) is 20.4 Å². The Morgan fingerprint density at radius 2 is 1.94 bits per heavy atom. The third-order valence-corrected chi connectivity index (χ3v) is 6.81. The summed E-state index contributed by atoms with van der Waals surface area (Å²) in [5.74, 6) is 0.853. The number of ether oxygens (including phenoxy) is 3. The summed E-state index contributed by atoms with van der Waals surface area (Å²) in [5, 5.41) is 0.442. The smallest absolute Gasteiger partial charge is 0.416 e. The molecule has 6 nitrogen and oxygen atoms in total. The van der Waals surface area contributed by atoms with Crippen LogP contribution in [0.1, 0.15) is 43.4 Å². The average Bonchev–Trinajstić information content (AvgIpc) is 3.34. The van der Waals surface area contributed by atoms with Gasteiger partial charge in [-0.05, 0) is 43.4 Å². The summed E-state index contributed by atoms with van der Waals surface area (Å²) >= 11 is 0. The molecule has 1 aromatic heterocycles. The molecule has 32 heavy (non-hydrogen) atoms. The molecule has 174 valence electrons. The topological polar surface area (TPSA) is 56.4 Å². The molecule has 2 aromatic rings. The third kappa shape index (κ3) is 3.96. The van der Waals surface area contributed by atoms with Crippen LogP contribution in [0.2, 0.25) is 0 Å². The molecular weight excluding hydrogens is 425 g/mol. The molecular formula is C23H27F3N2O4. The van der Waals surface area contributed by atoms with E-state index < -0.39 is 11.7 Å². The Bertz CT molecular complexity index is 1000. The lowest BCUT2D eigenvalue weighted by molar-refractivity contribution is -0.182. The number of furan rings is 1. The van der Waals surface area contributed by atoms with Crippen LogP contribution in [0, 0.1) is 5.92 Å². The van der Waals surface area contributed by atoms with Crippen LogP contribution in [-0.4, -0.2) is 51.6 Å². The third-order valence-electron chi connectivity index (χ3n) is 6.81. The Kier molecular flexibility index (Phi) is 5.57. The van der Waals surface area contributed by atoms with E-state index in [2.05, 4.69) is 9.89 Å². The first-order valence-corrected chi connectivity index (χ1v) is 11.1. The highest BCUT2D eigenvalue weighted by molar-refractivity contribution is 6.07. The number of benzene rings is 1. The maximum atomic E-state index is 13.4. The standard InChI is InChI=1S/C23H27F3N2O4/c1-29-21-20-19(17-14-16(23(24,25)26)2-3-18(17)32-20)28(11-9-27-21)10-6-15-4-7-22(8-5-15)30-12-13-31-22/h2-3,14-15H,4-13H2,1H3. The highest BCUT2D eigenvalue weighted by Crippen LogP contribution is 2.42. The lowest BCUT2D eigenvalue weighted by Gasteiger charge is -2.36. The summed E-state index contributed by atoms with van der Waals surface area (Å²) in [7, 11) is 1.50. The van der Waals surface area contributed by atoms with Gasteiger partial charge in [0.05, 0.1) is 38.1 Å². The zero-order valence-corrected chi connectivity index (χ0v) is 18.0. The van der Waals surface area contributed by atoms with Crippen molar-refractivity contribution < 1.29 is 31.8 Å². The van der Waals surface area contributed by atoms with Gasteiger partial charge in [0, 0.05) is 31.3 Å². The fourth-order valence-corrected chi connectivity index (χ4v) is 5.09. The van der Waals surface area contributed by atoms with Crippen LogP contribution >= 0.6 is 0 Å². The quantitative estimate of drug-likeness (QED) is 0.657. The minimum atomic E-state index is -4.42. The summed E-state index contributed by atoms with van der Waals surface area (Å²) in [6, 6.07) is 3.59. The van der Waals surface area contributed by atoms with Gasteiger partial charge < -0.3 is 23.5 Å². The molecule has 0 unspecified atom stereocenters. The zero-order valence-electron chi connectivity index (χ0n) is 18.0. The Hall–Kier alpha value is -2.26. The van der Waals surface area contributed by atoms with Gasteiger partial charge in [-0.25, -0.2) is 4.99 Å². The van der Waals surface area contributed by atoms with Crippen molar-refractivity contribution in [1.82, 2.24) is 0 Å². The van der Waals surface area contributed by atoms with Gasteiger partial charge in [0.2, 0.25) is 5.76 Å². The molecule has 0 atom stereocenters. The normalized spacial score (nSPS) is 21.6. The molecule has 0 radical (unpaired) electrons. The van der Waals surface area contributed by atoms with E-state index in [1.807, 2.05) is 0 Å². The van der Waals surface area contributed by atoms with E-state index in [0.717, 1.165) is 38.2 Å². The Morgan fingerprint density at radius 3 is 2.62 bits per heavy atom. The fourth-order valence-electron chi connectivity index (χ4n) is 5.09. The predicted octanol–water partition coefficient (Wildman–Crippen LogP) is 4.99. The lowest BCUT2D eigenvalue weighted by atomic mass is 9.83. The number of hydrogen-bond acceptors (Lipinski definition) is 6. The first-order valence-electron chi connectivity index (χ1n) is 11.1. The molecule has 1 saturated carbocycles. The maximum absolute atomic E-state index is 13.4. The fraction of sp³-hybridized carbons (Fsp3) is 0.609. The van der Waals surface area contributed by atoms with Gasteiger partial charge in [-0.2, -0.15) is 13.2 Å². The van der Waals surface area contributed by atoms with Crippen LogP contribution in [0.4, 0.5) is 18.9 Å². The van der Waals surface area contributed by atoms with Gasteiger partial charge in [0.1, 0.15) is 5.58 Å². The Balaban J connectivity index is 1.39. The molecule has 3 aliphatic rings. The largest absolute Gasteiger partial charge is 0.479 e. The second kappa shape index (κ2) is 8.26. The molecule has 2 aliphatic heterocycles. The van der Waals surface area contributed by atoms with Gasteiger partial charge >= 0.3 is 6.18 Å². The minimum Gasteiger partial charge on any atom is -0.479 e. The second-order valence-electron chi connectivity index (χ2n) is 8.71. The molecule has 5 rings (SSSR count). The van der Waals surface area contributed by atoms with E-state index in [0.29, 0.717) is 67.1 Å². The summed E-state index contributed by atoms with van der Waals surface area (Å²) in [6.45, 7) is 3.12. The first-order chi connectivity index (χ1) is 15.4. The van der Waals surface area contributed by atoms with Crippen LogP contribution in [0.25, 0.3) is 11.0 Å². The summed E-state index contributed by atoms with van der Waals surface area (Å²) in [5.41, 5.74) is 0.344. The number of methoxy groups -OCH3 is 1. The predicted molar refractivity (Wildman–Crippen MR) is 113 cm³/mol. The van der Waals surface area contributed by atoms with Gasteiger partial charge in [-0.15, -0.1) is 0 Å². The Labute approximate surface area is 184 Å². The second-order valence-corrected chi connectivity index (χ2v) is 8.71. The van der Waals surface area contributed by atoms with Crippen molar-refractivity contribution in [3.8, 4) is 0 Å². The van der Waals surface area contributed by atoms with Crippen LogP contribution in [0.5, 0.6) is 0 Å². The number of fused-ring (bicyclic) bond motifs is 3. The van der Waals surface area contributed by atoms with Crippen molar-refractivity contribution in [3.05, 3.63) is 29.5 Å². The van der Waals surface area contributed by atoms with E-state index in [1.54, 1.807) is 0 Å². The molecule has 2 fully saturated rings. The lowest BCUT2D eigenvalue weighted by Crippen LogP contribution is -2.36. The average molecular weight is 452 g/mol. The van der Waals surface area contributed by atoms with E-state index in [9.17, 15) is 13.2 Å². The van der Waals surface area contributed by atoms with Crippen molar-refractivity contribution in [2.75, 3.05) is 44.9 Å². The van der Waals surface area contributed by atoms with Gasteiger partial charge in [0.15, 0.2) is 5.79 Å². The van der Waals surface area contributed by atoms with E-state index in [1.165, 1.54) is 19.2 Å². The molecule has 1 spiro atoms. The van der Waals surface area contributed by atoms with Gasteiger partial charge in [-0.1, -0.05) is 0 Å². The van der Waals surface area contributed by atoms with Crippen LogP contribution in [0.15, 0.2) is 27.6 Å². The number of halogens is 3. The van der Waals surface area contributed by atoms with E-state index >= 15 is 0 Å².